The van der Waals surface area contributed by atoms with Crippen molar-refractivity contribution in [3.63, 3.8) is 0 Å². The Morgan fingerprint density at radius 1 is 1.33 bits per heavy atom. The van der Waals surface area contributed by atoms with Gasteiger partial charge in [-0.05, 0) is 12.8 Å². The van der Waals surface area contributed by atoms with Gasteiger partial charge < -0.3 is 20.1 Å². The molecule has 18 heavy (non-hydrogen) atoms. The second kappa shape index (κ2) is 6.29. The maximum absolute atomic E-state index is 12.1. The molecule has 2 rings (SSSR count). The second-order valence-corrected chi connectivity index (χ2v) is 5.61. The Kier molecular flexibility index (Phi) is 4.71. The molecule has 6 nitrogen and oxygen atoms in total. The summed E-state index contributed by atoms with van der Waals surface area (Å²) in [6.07, 6.45) is 1.60. The Morgan fingerprint density at radius 3 is 2.72 bits per heavy atom. The second-order valence-electron chi connectivity index (χ2n) is 4.46. The van der Waals surface area contributed by atoms with E-state index in [-0.39, 0.29) is 12.1 Å². The van der Waals surface area contributed by atoms with Gasteiger partial charge >= 0.3 is 12.0 Å². The van der Waals surface area contributed by atoms with E-state index in [1.165, 1.54) is 4.90 Å². The van der Waals surface area contributed by atoms with Crippen LogP contribution in [0.25, 0.3) is 0 Å². The molecule has 0 saturated carbocycles. The highest BCUT2D eigenvalue weighted by atomic mass is 32.2. The van der Waals surface area contributed by atoms with Crippen molar-refractivity contribution in [3.8, 4) is 0 Å². The van der Waals surface area contributed by atoms with E-state index in [4.69, 9.17) is 9.84 Å². The number of aliphatic carboxylic acids is 1. The summed E-state index contributed by atoms with van der Waals surface area (Å²) in [6, 6.07) is -0.853. The van der Waals surface area contributed by atoms with Gasteiger partial charge in [-0.25, -0.2) is 9.59 Å². The first-order valence-corrected chi connectivity index (χ1v) is 7.29. The van der Waals surface area contributed by atoms with Gasteiger partial charge in [0.15, 0.2) is 0 Å². The number of carboxylic acid groups (broad SMARTS) is 1. The van der Waals surface area contributed by atoms with Crippen molar-refractivity contribution >= 4 is 23.8 Å². The van der Waals surface area contributed by atoms with E-state index in [1.54, 1.807) is 11.8 Å². The van der Waals surface area contributed by atoms with Crippen LogP contribution in [0.2, 0.25) is 0 Å². The van der Waals surface area contributed by atoms with Crippen LogP contribution in [0.4, 0.5) is 4.79 Å². The van der Waals surface area contributed by atoms with Crippen LogP contribution in [0.15, 0.2) is 0 Å². The molecule has 1 unspecified atom stereocenters. The molecule has 0 bridgehead atoms. The minimum Gasteiger partial charge on any atom is -0.480 e. The van der Waals surface area contributed by atoms with Gasteiger partial charge in [-0.2, -0.15) is 11.8 Å². The molecule has 7 heteroatoms. The van der Waals surface area contributed by atoms with Gasteiger partial charge in [-0.3, -0.25) is 0 Å². The molecule has 0 spiro atoms. The lowest BCUT2D eigenvalue weighted by Crippen LogP contribution is -2.56. The number of hydrogen-bond acceptors (Lipinski definition) is 4. The summed E-state index contributed by atoms with van der Waals surface area (Å²) in [6.45, 7) is 1.81. The smallest absolute Gasteiger partial charge is 0.327 e. The molecule has 0 aromatic rings. The number of hydrogen-bond donors (Lipinski definition) is 2. The normalized spacial score (nSPS) is 25.8. The Balaban J connectivity index is 1.91. The zero-order valence-electron chi connectivity index (χ0n) is 10.1. The quantitative estimate of drug-likeness (QED) is 0.761. The highest BCUT2D eigenvalue weighted by molar-refractivity contribution is 7.99. The third-order valence-electron chi connectivity index (χ3n) is 3.22. The zero-order valence-corrected chi connectivity index (χ0v) is 10.9. The van der Waals surface area contributed by atoms with Crippen molar-refractivity contribution in [2.45, 2.75) is 24.9 Å². The molecule has 2 aliphatic rings. The average molecular weight is 274 g/mol. The fourth-order valence-corrected chi connectivity index (χ4v) is 3.19. The van der Waals surface area contributed by atoms with E-state index < -0.39 is 12.0 Å². The zero-order chi connectivity index (χ0) is 13.0. The Morgan fingerprint density at radius 2 is 2.06 bits per heavy atom. The first-order valence-electron chi connectivity index (χ1n) is 6.14. The lowest BCUT2D eigenvalue weighted by molar-refractivity contribution is -0.141. The first-order chi connectivity index (χ1) is 8.68. The first kappa shape index (κ1) is 13.5. The van der Waals surface area contributed by atoms with E-state index in [9.17, 15) is 9.59 Å². The average Bonchev–Trinajstić information content (AvgIpc) is 2.40. The van der Waals surface area contributed by atoms with Gasteiger partial charge in [0.1, 0.15) is 6.04 Å². The van der Waals surface area contributed by atoms with Crippen molar-refractivity contribution in [3.05, 3.63) is 0 Å². The van der Waals surface area contributed by atoms with E-state index in [2.05, 4.69) is 5.32 Å². The summed E-state index contributed by atoms with van der Waals surface area (Å²) in [5, 5.41) is 12.0. The van der Waals surface area contributed by atoms with Crippen LogP contribution in [0, 0.1) is 0 Å². The maximum atomic E-state index is 12.1. The van der Waals surface area contributed by atoms with Gasteiger partial charge in [0.25, 0.3) is 0 Å². The number of carbonyl (C=O) groups excluding carboxylic acids is 1. The van der Waals surface area contributed by atoms with E-state index in [1.807, 2.05) is 0 Å². The van der Waals surface area contributed by atoms with Crippen molar-refractivity contribution < 1.29 is 19.4 Å². The van der Waals surface area contributed by atoms with Crippen LogP contribution < -0.4 is 5.32 Å². The molecule has 2 saturated heterocycles. The van der Waals surface area contributed by atoms with Gasteiger partial charge in [0, 0.05) is 37.3 Å². The molecular weight excluding hydrogens is 256 g/mol. The SMILES string of the molecule is O=C(O)C1CSCCN1C(=O)NC1CCOCC1. The fraction of sp³-hybridized carbons (Fsp3) is 0.818. The highest BCUT2D eigenvalue weighted by Gasteiger charge is 2.33. The summed E-state index contributed by atoms with van der Waals surface area (Å²) in [5.74, 6) is 0.339. The summed E-state index contributed by atoms with van der Waals surface area (Å²) >= 11 is 1.58. The van der Waals surface area contributed by atoms with Crippen molar-refractivity contribution in [1.29, 1.82) is 0 Å². The highest BCUT2D eigenvalue weighted by Crippen LogP contribution is 2.17. The summed E-state index contributed by atoms with van der Waals surface area (Å²) in [7, 11) is 0. The molecule has 102 valence electrons. The maximum Gasteiger partial charge on any atom is 0.327 e. The van der Waals surface area contributed by atoms with Gasteiger partial charge in [-0.1, -0.05) is 0 Å². The van der Waals surface area contributed by atoms with Gasteiger partial charge in [-0.15, -0.1) is 0 Å². The van der Waals surface area contributed by atoms with E-state index in [0.29, 0.717) is 25.5 Å². The van der Waals surface area contributed by atoms with Crippen LogP contribution >= 0.6 is 11.8 Å². The van der Waals surface area contributed by atoms with E-state index in [0.717, 1.165) is 18.6 Å². The molecule has 0 aromatic heterocycles. The monoisotopic (exact) mass is 274 g/mol. The largest absolute Gasteiger partial charge is 0.480 e. The molecule has 1 atom stereocenters. The summed E-state index contributed by atoms with van der Waals surface area (Å²) in [5.41, 5.74) is 0. The topological polar surface area (TPSA) is 78.9 Å². The number of amides is 2. The number of carboxylic acids is 1. The predicted molar refractivity (Wildman–Crippen MR) is 67.8 cm³/mol. The van der Waals surface area contributed by atoms with Crippen LogP contribution in [0.3, 0.4) is 0 Å². The minimum absolute atomic E-state index is 0.107. The van der Waals surface area contributed by atoms with Crippen molar-refractivity contribution in [2.75, 3.05) is 31.3 Å². The molecule has 0 radical (unpaired) electrons. The minimum atomic E-state index is -0.927. The molecule has 2 fully saturated rings. The Labute approximate surface area is 110 Å². The lowest BCUT2D eigenvalue weighted by atomic mass is 10.1. The Hall–Kier alpha value is -0.950. The number of ether oxygens (including phenoxy) is 1. The number of nitrogens with zero attached hydrogens (tertiary/aromatic N) is 1. The molecule has 2 aliphatic heterocycles. The third kappa shape index (κ3) is 3.29. The standard InChI is InChI=1S/C11H18N2O4S/c14-10(15)9-7-18-6-3-13(9)11(16)12-8-1-4-17-5-2-8/h8-9H,1-7H2,(H,12,16)(H,14,15). The molecule has 0 aliphatic carbocycles. The predicted octanol–water partition coefficient (Wildman–Crippen LogP) is 0.377. The summed E-state index contributed by atoms with van der Waals surface area (Å²) < 4.78 is 5.22. The fourth-order valence-electron chi connectivity index (χ4n) is 2.15. The number of thioether (sulfide) groups is 1. The molecule has 2 heterocycles. The van der Waals surface area contributed by atoms with Gasteiger partial charge in [0.05, 0.1) is 0 Å². The van der Waals surface area contributed by atoms with Crippen LogP contribution in [-0.2, 0) is 9.53 Å². The number of rotatable bonds is 2. The molecule has 0 aromatic carbocycles. The third-order valence-corrected chi connectivity index (χ3v) is 4.25. The van der Waals surface area contributed by atoms with Crippen LogP contribution in [0.1, 0.15) is 12.8 Å². The molecule has 2 amide bonds. The number of urea groups is 1. The summed E-state index contributed by atoms with van der Waals surface area (Å²) in [4.78, 5) is 24.6. The van der Waals surface area contributed by atoms with Crippen molar-refractivity contribution in [2.24, 2.45) is 0 Å². The Bertz CT molecular complexity index is 320. The molecular formula is C11H18N2O4S. The molecule has 2 N–H and O–H groups in total. The van der Waals surface area contributed by atoms with Crippen LogP contribution in [-0.4, -0.2) is 65.4 Å². The van der Waals surface area contributed by atoms with Crippen LogP contribution in [0.5, 0.6) is 0 Å². The van der Waals surface area contributed by atoms with Gasteiger partial charge in [0.2, 0.25) is 0 Å². The lowest BCUT2D eigenvalue weighted by Gasteiger charge is -2.34. The van der Waals surface area contributed by atoms with Crippen molar-refractivity contribution in [1.82, 2.24) is 10.2 Å². The van der Waals surface area contributed by atoms with E-state index >= 15 is 0 Å². The number of nitrogens with one attached hydrogen (secondary N) is 1. The number of carbonyl (C=O) groups is 2.